The molecule has 1 aromatic rings. The molecule has 0 spiro atoms. The van der Waals surface area contributed by atoms with E-state index in [0.29, 0.717) is 4.47 Å². The molecule has 1 amide bonds. The molecule has 108 valence electrons. The van der Waals surface area contributed by atoms with E-state index in [1.165, 1.54) is 12.1 Å². The lowest BCUT2D eigenvalue weighted by Crippen LogP contribution is -2.29. The number of ether oxygens (including phenoxy) is 1. The van der Waals surface area contributed by atoms with Crippen molar-refractivity contribution in [2.45, 2.75) is 4.90 Å². The zero-order valence-electron chi connectivity index (χ0n) is 9.69. The molecule has 0 aliphatic rings. The van der Waals surface area contributed by atoms with Crippen molar-refractivity contribution in [2.75, 3.05) is 13.2 Å². The molecule has 0 heterocycles. The molecule has 0 saturated carbocycles. The zero-order chi connectivity index (χ0) is 15.3. The van der Waals surface area contributed by atoms with E-state index in [4.69, 9.17) is 32.3 Å². The molecule has 0 radical (unpaired) electrons. The second-order valence-electron chi connectivity index (χ2n) is 3.38. The van der Waals surface area contributed by atoms with Crippen molar-refractivity contribution in [2.24, 2.45) is 0 Å². The van der Waals surface area contributed by atoms with Gasteiger partial charge in [-0.25, -0.2) is 8.42 Å². The highest BCUT2D eigenvalue weighted by Crippen LogP contribution is 2.37. The SMILES string of the molecule is N#CCNC(=O)COc1c(Cl)cc(Br)cc1S(=O)(=O)Cl. The minimum Gasteiger partial charge on any atom is -0.481 e. The first kappa shape index (κ1) is 17.0. The molecule has 0 atom stereocenters. The number of carbonyl (C=O) groups is 1. The fourth-order valence-electron chi connectivity index (χ4n) is 1.18. The Morgan fingerprint density at radius 1 is 1.50 bits per heavy atom. The van der Waals surface area contributed by atoms with Gasteiger partial charge in [-0.05, 0) is 12.1 Å². The summed E-state index contributed by atoms with van der Waals surface area (Å²) in [5.41, 5.74) is 0. The lowest BCUT2D eigenvalue weighted by molar-refractivity contribution is -0.122. The number of halogens is 3. The predicted octanol–water partition coefficient (Wildman–Crippen LogP) is 2.05. The van der Waals surface area contributed by atoms with Crippen molar-refractivity contribution >= 4 is 53.2 Å². The number of amides is 1. The van der Waals surface area contributed by atoms with Crippen molar-refractivity contribution in [3.05, 3.63) is 21.6 Å². The Morgan fingerprint density at radius 3 is 2.70 bits per heavy atom. The molecule has 0 unspecified atom stereocenters. The number of nitrogens with zero attached hydrogens (tertiary/aromatic N) is 1. The van der Waals surface area contributed by atoms with Gasteiger partial charge >= 0.3 is 0 Å². The van der Waals surface area contributed by atoms with Crippen LogP contribution in [0.4, 0.5) is 0 Å². The third-order valence-corrected chi connectivity index (χ3v) is 4.02. The van der Waals surface area contributed by atoms with Gasteiger partial charge in [0.05, 0.1) is 11.1 Å². The molecule has 0 aliphatic heterocycles. The van der Waals surface area contributed by atoms with Crippen LogP contribution in [0, 0.1) is 11.3 Å². The minimum absolute atomic E-state index is 0.0216. The Hall–Kier alpha value is -1.01. The van der Waals surface area contributed by atoms with Gasteiger partial charge in [-0.3, -0.25) is 4.79 Å². The van der Waals surface area contributed by atoms with Gasteiger partial charge in [-0.15, -0.1) is 0 Å². The molecule has 1 rings (SSSR count). The highest BCUT2D eigenvalue weighted by atomic mass is 79.9. The molecular weight excluding hydrogens is 395 g/mol. The highest BCUT2D eigenvalue weighted by Gasteiger charge is 2.21. The van der Waals surface area contributed by atoms with Crippen LogP contribution >= 0.6 is 38.2 Å². The molecule has 0 aromatic heterocycles. The maximum absolute atomic E-state index is 11.4. The summed E-state index contributed by atoms with van der Waals surface area (Å²) < 4.78 is 28.3. The summed E-state index contributed by atoms with van der Waals surface area (Å²) in [6.45, 7) is -0.681. The van der Waals surface area contributed by atoms with E-state index in [9.17, 15) is 13.2 Å². The van der Waals surface area contributed by atoms with Crippen molar-refractivity contribution < 1.29 is 17.9 Å². The monoisotopic (exact) mass is 400 g/mol. The second-order valence-corrected chi connectivity index (χ2v) is 7.23. The third kappa shape index (κ3) is 4.83. The molecular formula is C10H7BrCl2N2O4S. The van der Waals surface area contributed by atoms with Crippen LogP contribution in [0.1, 0.15) is 0 Å². The average molecular weight is 402 g/mol. The largest absolute Gasteiger partial charge is 0.481 e. The number of rotatable bonds is 5. The van der Waals surface area contributed by atoms with Crippen LogP contribution in [-0.4, -0.2) is 27.5 Å². The summed E-state index contributed by atoms with van der Waals surface area (Å²) in [5.74, 6) is -0.819. The number of carbonyl (C=O) groups excluding carboxylic acids is 1. The molecule has 10 heteroatoms. The molecule has 0 fully saturated rings. The van der Waals surface area contributed by atoms with Crippen LogP contribution in [-0.2, 0) is 13.8 Å². The molecule has 1 aromatic carbocycles. The summed E-state index contributed by atoms with van der Waals surface area (Å²) in [6.07, 6.45) is 0. The summed E-state index contributed by atoms with van der Waals surface area (Å²) >= 11 is 8.94. The maximum atomic E-state index is 11.4. The molecule has 0 saturated heterocycles. The lowest BCUT2D eigenvalue weighted by atomic mass is 10.3. The number of hydrogen-bond donors (Lipinski definition) is 1. The maximum Gasteiger partial charge on any atom is 0.265 e. The Morgan fingerprint density at radius 2 is 2.15 bits per heavy atom. The highest BCUT2D eigenvalue weighted by molar-refractivity contribution is 9.10. The van der Waals surface area contributed by atoms with Gasteiger partial charge < -0.3 is 10.1 Å². The standard InChI is InChI=1S/C10H7BrCl2N2O4S/c11-6-3-7(12)10(8(4-6)20(13,17)18)19-5-9(16)15-2-1-14/h3-4H,2,5H2,(H,15,16). The first-order valence-corrected chi connectivity index (χ1v) is 8.44. The number of nitrogens with one attached hydrogen (secondary N) is 1. The predicted molar refractivity (Wildman–Crippen MR) is 76.3 cm³/mol. The van der Waals surface area contributed by atoms with Gasteiger partial charge in [-0.1, -0.05) is 27.5 Å². The van der Waals surface area contributed by atoms with Crippen molar-refractivity contribution in [3.63, 3.8) is 0 Å². The van der Waals surface area contributed by atoms with Crippen molar-refractivity contribution in [1.29, 1.82) is 5.26 Å². The second kappa shape index (κ2) is 7.13. The van der Waals surface area contributed by atoms with Crippen molar-refractivity contribution in [1.82, 2.24) is 5.32 Å². The quantitative estimate of drug-likeness (QED) is 0.601. The Kier molecular flexibility index (Phi) is 6.07. The first-order chi connectivity index (χ1) is 9.25. The Bertz CT molecular complexity index is 673. The van der Waals surface area contributed by atoms with E-state index in [1.54, 1.807) is 6.07 Å². The first-order valence-electron chi connectivity index (χ1n) is 4.96. The van der Waals surface area contributed by atoms with Crippen molar-refractivity contribution in [3.8, 4) is 11.8 Å². The van der Waals surface area contributed by atoms with Crippen LogP contribution in [0.5, 0.6) is 5.75 Å². The summed E-state index contributed by atoms with van der Waals surface area (Å²) in [7, 11) is 1.18. The molecule has 6 nitrogen and oxygen atoms in total. The van der Waals surface area contributed by atoms with Gasteiger partial charge in [-0.2, -0.15) is 5.26 Å². The fraction of sp³-hybridized carbons (Fsp3) is 0.200. The van der Waals surface area contributed by atoms with E-state index >= 15 is 0 Å². The Labute approximate surface area is 133 Å². The summed E-state index contributed by atoms with van der Waals surface area (Å²) in [5, 5.41) is 10.5. The Balaban J connectivity index is 3.01. The van der Waals surface area contributed by atoms with E-state index in [2.05, 4.69) is 21.2 Å². The number of benzene rings is 1. The van der Waals surface area contributed by atoms with Crippen LogP contribution in [0.25, 0.3) is 0 Å². The van der Waals surface area contributed by atoms with Gasteiger partial charge in [0, 0.05) is 15.2 Å². The number of nitriles is 1. The molecule has 20 heavy (non-hydrogen) atoms. The van der Waals surface area contributed by atoms with Gasteiger partial charge in [0.25, 0.3) is 15.0 Å². The lowest BCUT2D eigenvalue weighted by Gasteiger charge is -2.11. The zero-order valence-corrected chi connectivity index (χ0v) is 13.6. The smallest absolute Gasteiger partial charge is 0.265 e. The topological polar surface area (TPSA) is 96.3 Å². The van der Waals surface area contributed by atoms with E-state index < -0.39 is 21.6 Å². The molecule has 1 N–H and O–H groups in total. The van der Waals surface area contributed by atoms with Crippen LogP contribution < -0.4 is 10.1 Å². The normalized spacial score (nSPS) is 10.7. The number of hydrogen-bond acceptors (Lipinski definition) is 5. The van der Waals surface area contributed by atoms with Crippen LogP contribution in [0.15, 0.2) is 21.5 Å². The van der Waals surface area contributed by atoms with Gasteiger partial charge in [0.2, 0.25) is 0 Å². The third-order valence-electron chi connectivity index (χ3n) is 1.95. The molecule has 0 bridgehead atoms. The van der Waals surface area contributed by atoms with Crippen LogP contribution in [0.3, 0.4) is 0 Å². The van der Waals surface area contributed by atoms with E-state index in [0.717, 1.165) is 0 Å². The molecule has 0 aliphatic carbocycles. The van der Waals surface area contributed by atoms with E-state index in [1.807, 2.05) is 0 Å². The van der Waals surface area contributed by atoms with Gasteiger partial charge in [0.1, 0.15) is 11.4 Å². The fourth-order valence-corrected chi connectivity index (χ4v) is 3.26. The van der Waals surface area contributed by atoms with E-state index in [-0.39, 0.29) is 22.2 Å². The van der Waals surface area contributed by atoms with Gasteiger partial charge in [0.15, 0.2) is 12.4 Å². The summed E-state index contributed by atoms with van der Waals surface area (Å²) in [4.78, 5) is 10.9. The average Bonchev–Trinajstić information content (AvgIpc) is 2.33. The summed E-state index contributed by atoms with van der Waals surface area (Å²) in [6, 6.07) is 4.32. The van der Waals surface area contributed by atoms with Crippen LogP contribution in [0.2, 0.25) is 5.02 Å². The minimum atomic E-state index is -4.09.